The smallest absolute Gasteiger partial charge is 0.224 e. The number of carbonyl (C=O) groups excluding carboxylic acids is 1. The van der Waals surface area contributed by atoms with Gasteiger partial charge in [-0.15, -0.1) is 0 Å². The molecule has 6 heteroatoms. The molecule has 1 amide bonds. The van der Waals surface area contributed by atoms with E-state index in [1.807, 2.05) is 19.1 Å². The second-order valence-corrected chi connectivity index (χ2v) is 6.19. The Hall–Kier alpha value is -1.91. The molecule has 2 rings (SSSR count). The average Bonchev–Trinajstić information content (AvgIpc) is 2.53. The van der Waals surface area contributed by atoms with Gasteiger partial charge in [0.25, 0.3) is 0 Å². The molecule has 0 radical (unpaired) electrons. The van der Waals surface area contributed by atoms with Gasteiger partial charge in [0.2, 0.25) is 5.91 Å². The zero-order valence-corrected chi connectivity index (χ0v) is 15.0. The molecule has 0 aliphatic heterocycles. The number of nitrogens with two attached hydrogens (primary N) is 1. The molecule has 2 aromatic rings. The molecular weight excluding hydrogens is 347 g/mol. The van der Waals surface area contributed by atoms with E-state index in [2.05, 4.69) is 5.32 Å². The first-order valence-corrected chi connectivity index (χ1v) is 8.51. The minimum Gasteiger partial charge on any atom is -0.492 e. The summed E-state index contributed by atoms with van der Waals surface area (Å²) >= 11 is 11.8. The van der Waals surface area contributed by atoms with Gasteiger partial charge in [0.1, 0.15) is 5.75 Å². The molecule has 0 aromatic heterocycles. The van der Waals surface area contributed by atoms with E-state index in [1.54, 1.807) is 24.3 Å². The lowest BCUT2D eigenvalue weighted by Gasteiger charge is -2.10. The van der Waals surface area contributed by atoms with Crippen LogP contribution in [-0.4, -0.2) is 12.5 Å². The molecule has 0 aliphatic carbocycles. The van der Waals surface area contributed by atoms with Gasteiger partial charge in [0.15, 0.2) is 0 Å². The van der Waals surface area contributed by atoms with Crippen molar-refractivity contribution in [3.63, 3.8) is 0 Å². The number of aryl methyl sites for hydroxylation is 1. The summed E-state index contributed by atoms with van der Waals surface area (Å²) in [6.07, 6.45) is 1.79. The average molecular weight is 367 g/mol. The third kappa shape index (κ3) is 5.32. The number of halogens is 2. The number of rotatable bonds is 7. The summed E-state index contributed by atoms with van der Waals surface area (Å²) in [7, 11) is 0. The summed E-state index contributed by atoms with van der Waals surface area (Å²) in [6, 6.07) is 10.6. The van der Waals surface area contributed by atoms with Gasteiger partial charge in [-0.3, -0.25) is 4.79 Å². The van der Waals surface area contributed by atoms with Gasteiger partial charge < -0.3 is 15.8 Å². The van der Waals surface area contributed by atoms with Gasteiger partial charge in [0.05, 0.1) is 11.6 Å². The molecule has 0 saturated heterocycles. The minimum atomic E-state index is -0.0792. The van der Waals surface area contributed by atoms with Gasteiger partial charge in [-0.1, -0.05) is 36.2 Å². The molecule has 0 unspecified atom stereocenters. The van der Waals surface area contributed by atoms with Crippen LogP contribution >= 0.6 is 23.2 Å². The van der Waals surface area contributed by atoms with Crippen LogP contribution in [0.3, 0.4) is 0 Å². The van der Waals surface area contributed by atoms with Crippen LogP contribution in [-0.2, 0) is 11.2 Å². The van der Waals surface area contributed by atoms with Crippen LogP contribution in [0.15, 0.2) is 36.4 Å². The van der Waals surface area contributed by atoms with Crippen molar-refractivity contribution in [3.8, 4) is 5.75 Å². The minimum absolute atomic E-state index is 0.0792. The molecule has 24 heavy (non-hydrogen) atoms. The Morgan fingerprint density at radius 1 is 1.21 bits per heavy atom. The van der Waals surface area contributed by atoms with E-state index in [-0.39, 0.29) is 5.91 Å². The van der Waals surface area contributed by atoms with Crippen molar-refractivity contribution in [1.82, 2.24) is 0 Å². The summed E-state index contributed by atoms with van der Waals surface area (Å²) in [5, 5.41) is 3.85. The van der Waals surface area contributed by atoms with Crippen LogP contribution in [0.5, 0.6) is 5.75 Å². The Morgan fingerprint density at radius 3 is 2.67 bits per heavy atom. The van der Waals surface area contributed by atoms with Crippen molar-refractivity contribution in [2.45, 2.75) is 26.2 Å². The van der Waals surface area contributed by atoms with Crippen LogP contribution < -0.4 is 15.8 Å². The van der Waals surface area contributed by atoms with Crippen molar-refractivity contribution >= 4 is 40.5 Å². The molecule has 128 valence electrons. The zero-order chi connectivity index (χ0) is 17.5. The molecule has 2 aromatic carbocycles. The normalized spacial score (nSPS) is 10.5. The third-order valence-corrected chi connectivity index (χ3v) is 4.04. The van der Waals surface area contributed by atoms with E-state index in [9.17, 15) is 4.79 Å². The zero-order valence-electron chi connectivity index (χ0n) is 13.4. The van der Waals surface area contributed by atoms with E-state index < -0.39 is 0 Å². The molecule has 0 aliphatic rings. The van der Waals surface area contributed by atoms with Crippen molar-refractivity contribution in [1.29, 1.82) is 0 Å². The highest BCUT2D eigenvalue weighted by Crippen LogP contribution is 2.27. The fraction of sp³-hybridized carbons (Fsp3) is 0.278. The quantitative estimate of drug-likeness (QED) is 0.538. The van der Waals surface area contributed by atoms with E-state index in [0.717, 1.165) is 12.0 Å². The molecule has 0 fully saturated rings. The number of hydrogen-bond acceptors (Lipinski definition) is 3. The maximum Gasteiger partial charge on any atom is 0.224 e. The van der Waals surface area contributed by atoms with Gasteiger partial charge in [-0.25, -0.2) is 0 Å². The van der Waals surface area contributed by atoms with E-state index in [1.165, 1.54) is 0 Å². The number of ether oxygens (including phenoxy) is 1. The van der Waals surface area contributed by atoms with Gasteiger partial charge >= 0.3 is 0 Å². The lowest BCUT2D eigenvalue weighted by atomic mass is 10.1. The van der Waals surface area contributed by atoms with E-state index in [4.69, 9.17) is 33.7 Å². The van der Waals surface area contributed by atoms with Crippen molar-refractivity contribution in [3.05, 3.63) is 52.0 Å². The molecule has 0 bridgehead atoms. The Morgan fingerprint density at radius 2 is 2.00 bits per heavy atom. The summed E-state index contributed by atoms with van der Waals surface area (Å²) in [4.78, 5) is 12.0. The fourth-order valence-electron chi connectivity index (χ4n) is 2.23. The highest BCUT2D eigenvalue weighted by atomic mass is 35.5. The van der Waals surface area contributed by atoms with Crippen LogP contribution in [0.4, 0.5) is 11.4 Å². The standard InChI is InChI=1S/C18H20Cl2N2O2/c1-2-12-5-7-14(11-16(12)21)22-18(23)4-3-9-24-17-8-6-13(19)10-15(17)20/h5-8,10-11H,2-4,9,21H2,1H3,(H,22,23). The number of nitrogen functional groups attached to an aromatic ring is 1. The van der Waals surface area contributed by atoms with Gasteiger partial charge in [0, 0.05) is 22.8 Å². The van der Waals surface area contributed by atoms with Crippen LogP contribution in [0.1, 0.15) is 25.3 Å². The lowest BCUT2D eigenvalue weighted by Crippen LogP contribution is -2.13. The predicted molar refractivity (Wildman–Crippen MR) is 100 cm³/mol. The Balaban J connectivity index is 1.76. The predicted octanol–water partition coefficient (Wildman–Crippen LogP) is 4.94. The third-order valence-electron chi connectivity index (χ3n) is 3.51. The summed E-state index contributed by atoms with van der Waals surface area (Å²) in [5.41, 5.74) is 8.39. The number of carbonyl (C=O) groups is 1. The number of anilines is 2. The lowest BCUT2D eigenvalue weighted by molar-refractivity contribution is -0.116. The summed E-state index contributed by atoms with van der Waals surface area (Å²) in [6.45, 7) is 2.43. The molecule has 0 saturated carbocycles. The molecule has 3 N–H and O–H groups in total. The summed E-state index contributed by atoms with van der Waals surface area (Å²) in [5.74, 6) is 0.480. The Kier molecular flexibility index (Phi) is 6.76. The molecule has 4 nitrogen and oxygen atoms in total. The highest BCUT2D eigenvalue weighted by molar-refractivity contribution is 6.35. The highest BCUT2D eigenvalue weighted by Gasteiger charge is 2.06. The fourth-order valence-corrected chi connectivity index (χ4v) is 2.69. The van der Waals surface area contributed by atoms with Crippen LogP contribution in [0.25, 0.3) is 0 Å². The molecular formula is C18H20Cl2N2O2. The first kappa shape index (κ1) is 18.4. The molecule has 0 spiro atoms. The first-order chi connectivity index (χ1) is 11.5. The van der Waals surface area contributed by atoms with Gasteiger partial charge in [-0.05, 0) is 48.7 Å². The van der Waals surface area contributed by atoms with Gasteiger partial charge in [-0.2, -0.15) is 0 Å². The number of amides is 1. The van der Waals surface area contributed by atoms with E-state index >= 15 is 0 Å². The number of nitrogens with one attached hydrogen (secondary N) is 1. The Bertz CT molecular complexity index is 720. The second kappa shape index (κ2) is 8.81. The summed E-state index contributed by atoms with van der Waals surface area (Å²) < 4.78 is 5.55. The second-order valence-electron chi connectivity index (χ2n) is 5.34. The number of benzene rings is 2. The van der Waals surface area contributed by atoms with Crippen molar-refractivity contribution in [2.24, 2.45) is 0 Å². The van der Waals surface area contributed by atoms with Crippen molar-refractivity contribution in [2.75, 3.05) is 17.7 Å². The molecule has 0 atom stereocenters. The largest absolute Gasteiger partial charge is 0.492 e. The maximum absolute atomic E-state index is 12.0. The van der Waals surface area contributed by atoms with Crippen molar-refractivity contribution < 1.29 is 9.53 Å². The SMILES string of the molecule is CCc1ccc(NC(=O)CCCOc2ccc(Cl)cc2Cl)cc1N. The monoisotopic (exact) mass is 366 g/mol. The maximum atomic E-state index is 12.0. The van der Waals surface area contributed by atoms with Crippen LogP contribution in [0.2, 0.25) is 10.0 Å². The Labute approximate surface area is 151 Å². The first-order valence-electron chi connectivity index (χ1n) is 7.75. The number of hydrogen-bond donors (Lipinski definition) is 2. The van der Waals surface area contributed by atoms with E-state index in [0.29, 0.717) is 46.6 Å². The topological polar surface area (TPSA) is 64.3 Å². The molecule has 0 heterocycles. The van der Waals surface area contributed by atoms with Crippen LogP contribution in [0, 0.1) is 0 Å².